The Morgan fingerprint density at radius 3 is 2.18 bits per heavy atom. The lowest BCUT2D eigenvalue weighted by Crippen LogP contribution is -2.35. The first-order chi connectivity index (χ1) is 7.66. The lowest BCUT2D eigenvalue weighted by Gasteiger charge is -2.17. The zero-order valence-corrected chi connectivity index (χ0v) is 10.6. The van der Waals surface area contributed by atoms with Gasteiger partial charge in [-0.2, -0.15) is 13.2 Å². The van der Waals surface area contributed by atoms with Gasteiger partial charge in [0, 0.05) is 0 Å². The highest BCUT2D eigenvalue weighted by Gasteiger charge is 2.56. The first-order valence-corrected chi connectivity index (χ1v) is 5.56. The highest BCUT2D eigenvalue weighted by Crippen LogP contribution is 2.39. The van der Waals surface area contributed by atoms with Gasteiger partial charge in [-0.1, -0.05) is 46.4 Å². The van der Waals surface area contributed by atoms with Crippen molar-refractivity contribution >= 4 is 46.4 Å². The molecule has 92 valence electrons. The van der Waals surface area contributed by atoms with Crippen molar-refractivity contribution in [3.8, 4) is 0 Å². The van der Waals surface area contributed by atoms with Crippen LogP contribution in [-0.4, -0.2) is 11.3 Å². The molecule has 0 amide bonds. The Hall–Kier alpha value is -0.230. The fourth-order valence-electron chi connectivity index (χ4n) is 1.22. The molecular formula is C8HCl4F3N2. The molecule has 1 aromatic rings. The highest BCUT2D eigenvalue weighted by molar-refractivity contribution is 6.47. The predicted molar refractivity (Wildman–Crippen MR) is 58.4 cm³/mol. The molecule has 0 saturated heterocycles. The fraction of sp³-hybridized carbons (Fsp3) is 0.250. The van der Waals surface area contributed by atoms with Crippen molar-refractivity contribution in [1.29, 1.82) is 0 Å². The minimum absolute atomic E-state index is 0.0162. The molecule has 1 unspecified atom stereocenters. The summed E-state index contributed by atoms with van der Waals surface area (Å²) < 4.78 is 37.8. The molecule has 0 N–H and O–H groups in total. The molecule has 1 aliphatic rings. The Kier molecular flexibility index (Phi) is 3.02. The standard InChI is InChI=1S/C8HCl4F3N2/c9-2-1-3-6(5(11)4(2)10)17-7(12,16-3)8(13,14)15/h1H. The topological polar surface area (TPSA) is 24.7 Å². The maximum absolute atomic E-state index is 12.6. The first kappa shape index (κ1) is 13.2. The number of hydrogen-bond acceptors (Lipinski definition) is 2. The van der Waals surface area contributed by atoms with Crippen LogP contribution in [0, 0.1) is 0 Å². The second kappa shape index (κ2) is 3.88. The lowest BCUT2D eigenvalue weighted by molar-refractivity contribution is -0.158. The molecule has 0 spiro atoms. The second-order valence-electron chi connectivity index (χ2n) is 3.16. The van der Waals surface area contributed by atoms with Gasteiger partial charge in [-0.3, -0.25) is 0 Å². The van der Waals surface area contributed by atoms with Crippen LogP contribution < -0.4 is 10.7 Å². The van der Waals surface area contributed by atoms with Crippen molar-refractivity contribution in [2.24, 2.45) is 9.98 Å². The van der Waals surface area contributed by atoms with E-state index in [4.69, 9.17) is 46.4 Å². The summed E-state index contributed by atoms with van der Waals surface area (Å²) in [6.07, 6.45) is -4.84. The summed E-state index contributed by atoms with van der Waals surface area (Å²) in [4.78, 5) is 6.52. The van der Waals surface area contributed by atoms with Gasteiger partial charge >= 0.3 is 11.3 Å². The van der Waals surface area contributed by atoms with Crippen LogP contribution in [0.15, 0.2) is 16.1 Å². The quantitative estimate of drug-likeness (QED) is 0.397. The summed E-state index contributed by atoms with van der Waals surface area (Å²) in [5.74, 6) is 0. The van der Waals surface area contributed by atoms with E-state index in [1.165, 1.54) is 0 Å². The third-order valence-corrected chi connectivity index (χ3v) is 3.64. The van der Waals surface area contributed by atoms with E-state index in [1.54, 1.807) is 0 Å². The van der Waals surface area contributed by atoms with Crippen LogP contribution in [0.1, 0.15) is 0 Å². The molecule has 1 atom stereocenters. The Morgan fingerprint density at radius 2 is 1.65 bits per heavy atom. The zero-order chi connectivity index (χ0) is 13.0. The summed E-state index contributed by atoms with van der Waals surface area (Å²) in [7, 11) is 0. The molecule has 0 aromatic heterocycles. The van der Waals surface area contributed by atoms with E-state index >= 15 is 0 Å². The predicted octanol–water partition coefficient (Wildman–Crippen LogP) is 3.35. The Bertz CT molecular complexity index is 613. The van der Waals surface area contributed by atoms with E-state index in [0.717, 1.165) is 6.07 Å². The smallest absolute Gasteiger partial charge is 0.230 e. The molecule has 17 heavy (non-hydrogen) atoms. The molecule has 1 heterocycles. The van der Waals surface area contributed by atoms with Gasteiger partial charge in [0.05, 0.1) is 20.4 Å². The van der Waals surface area contributed by atoms with Crippen LogP contribution in [0.3, 0.4) is 0 Å². The van der Waals surface area contributed by atoms with Gasteiger partial charge in [-0.25, -0.2) is 9.98 Å². The summed E-state index contributed by atoms with van der Waals surface area (Å²) in [5.41, 5.74) is 0. The molecular weight excluding hydrogens is 323 g/mol. The number of nitrogens with zero attached hydrogens (tertiary/aromatic N) is 2. The van der Waals surface area contributed by atoms with Crippen molar-refractivity contribution in [3.63, 3.8) is 0 Å². The average Bonchev–Trinajstić information content (AvgIpc) is 2.52. The molecule has 1 aliphatic heterocycles. The van der Waals surface area contributed by atoms with Gasteiger partial charge in [-0.15, -0.1) is 0 Å². The van der Waals surface area contributed by atoms with Gasteiger partial charge in [0.15, 0.2) is 0 Å². The summed E-state index contributed by atoms with van der Waals surface area (Å²) >= 11 is 22.4. The van der Waals surface area contributed by atoms with E-state index in [2.05, 4.69) is 9.98 Å². The largest absolute Gasteiger partial charge is 0.449 e. The van der Waals surface area contributed by atoms with Crippen molar-refractivity contribution in [1.82, 2.24) is 0 Å². The molecule has 0 aliphatic carbocycles. The van der Waals surface area contributed by atoms with Crippen LogP contribution in [0.2, 0.25) is 15.1 Å². The normalized spacial score (nSPS) is 23.0. The van der Waals surface area contributed by atoms with E-state index in [9.17, 15) is 13.2 Å². The third kappa shape index (κ3) is 1.99. The van der Waals surface area contributed by atoms with Crippen LogP contribution in [0.4, 0.5) is 13.2 Å². The first-order valence-electron chi connectivity index (χ1n) is 4.04. The number of rotatable bonds is 0. The number of hydrogen-bond donors (Lipinski definition) is 0. The molecule has 0 fully saturated rings. The minimum atomic E-state index is -4.84. The Labute approximate surface area is 113 Å². The van der Waals surface area contributed by atoms with E-state index in [0.29, 0.717) is 0 Å². The average molecular weight is 324 g/mol. The number of benzene rings is 1. The number of halogens is 7. The van der Waals surface area contributed by atoms with Gasteiger partial charge in [0.1, 0.15) is 5.36 Å². The Morgan fingerprint density at radius 1 is 1.06 bits per heavy atom. The van der Waals surface area contributed by atoms with E-state index < -0.39 is 11.3 Å². The van der Waals surface area contributed by atoms with Crippen molar-refractivity contribution in [2.45, 2.75) is 11.3 Å². The van der Waals surface area contributed by atoms with Crippen molar-refractivity contribution in [3.05, 3.63) is 31.8 Å². The molecule has 2 rings (SSSR count). The summed E-state index contributed by atoms with van der Waals surface area (Å²) in [6, 6.07) is 1.13. The molecule has 0 radical (unpaired) electrons. The number of alkyl halides is 4. The highest BCUT2D eigenvalue weighted by atomic mass is 35.5. The van der Waals surface area contributed by atoms with Crippen LogP contribution >= 0.6 is 46.4 Å². The summed E-state index contributed by atoms with van der Waals surface area (Å²) in [5, 5.41) is -3.73. The monoisotopic (exact) mass is 322 g/mol. The van der Waals surface area contributed by atoms with Gasteiger partial charge in [0.25, 0.3) is 0 Å². The SMILES string of the molecule is FC(F)(F)C1(Cl)N=c2cc(Cl)c(Cl)c(Cl)c2=N1. The van der Waals surface area contributed by atoms with Gasteiger partial charge < -0.3 is 0 Å². The molecule has 2 nitrogen and oxygen atoms in total. The maximum atomic E-state index is 12.6. The zero-order valence-electron chi connectivity index (χ0n) is 7.62. The third-order valence-electron chi connectivity index (χ3n) is 2.01. The van der Waals surface area contributed by atoms with Crippen LogP contribution in [0.25, 0.3) is 0 Å². The van der Waals surface area contributed by atoms with Crippen molar-refractivity contribution in [2.75, 3.05) is 0 Å². The van der Waals surface area contributed by atoms with E-state index in [1.807, 2.05) is 0 Å². The van der Waals surface area contributed by atoms with Gasteiger partial charge in [-0.05, 0) is 6.07 Å². The van der Waals surface area contributed by atoms with Gasteiger partial charge in [0.2, 0.25) is 0 Å². The Balaban J connectivity index is 2.80. The molecule has 9 heteroatoms. The second-order valence-corrected chi connectivity index (χ2v) is 4.85. The number of fused-ring (bicyclic) bond motifs is 1. The minimum Gasteiger partial charge on any atom is -0.230 e. The van der Waals surface area contributed by atoms with Crippen LogP contribution in [-0.2, 0) is 0 Å². The van der Waals surface area contributed by atoms with Crippen molar-refractivity contribution < 1.29 is 13.2 Å². The van der Waals surface area contributed by atoms with Crippen LogP contribution in [0.5, 0.6) is 0 Å². The molecule has 1 aromatic carbocycles. The fourth-order valence-corrected chi connectivity index (χ4v) is 2.03. The summed E-state index contributed by atoms with van der Waals surface area (Å²) in [6.45, 7) is 0. The maximum Gasteiger partial charge on any atom is 0.449 e. The molecule has 0 bridgehead atoms. The lowest BCUT2D eigenvalue weighted by atomic mass is 10.3. The molecule has 0 saturated carbocycles. The van der Waals surface area contributed by atoms with E-state index in [-0.39, 0.29) is 25.8 Å².